The van der Waals surface area contributed by atoms with Crippen LogP contribution in [0.25, 0.3) is 16.6 Å². The number of fused-ring (bicyclic) bond motifs is 1. The van der Waals surface area contributed by atoms with Crippen molar-refractivity contribution in [3.63, 3.8) is 0 Å². The number of hydrogen-bond acceptors (Lipinski definition) is 8. The number of hydrogen-bond donors (Lipinski definition) is 3. The number of halogens is 3. The second-order valence-electron chi connectivity index (χ2n) is 10.8. The van der Waals surface area contributed by atoms with Crippen molar-refractivity contribution in [1.29, 1.82) is 0 Å². The smallest absolute Gasteiger partial charge is 0.272 e. The number of methoxy groups -OCH3 is 1. The number of benzene rings is 4. The van der Waals surface area contributed by atoms with Crippen LogP contribution in [0.1, 0.15) is 21.6 Å². The molecule has 49 heavy (non-hydrogen) atoms. The van der Waals surface area contributed by atoms with Crippen molar-refractivity contribution < 1.29 is 40.6 Å². The number of sulfonamides is 1. The predicted molar refractivity (Wildman–Crippen MR) is 176 cm³/mol. The summed E-state index contributed by atoms with van der Waals surface area (Å²) in [6.45, 7) is 0.776. The number of nitrogen functional groups attached to an aromatic ring is 1. The number of aromatic amines is 1. The minimum Gasteiger partial charge on any atom is -0.497 e. The summed E-state index contributed by atoms with van der Waals surface area (Å²) in [5, 5.41) is 4.68. The molecule has 0 unspecified atom stereocenters. The predicted octanol–water partition coefficient (Wildman–Crippen LogP) is 6.86. The number of aryl methyl sites for hydroxylation is 1. The van der Waals surface area contributed by atoms with E-state index in [9.17, 15) is 26.4 Å². The van der Waals surface area contributed by atoms with Crippen LogP contribution in [0.4, 0.5) is 24.7 Å². The standard InChI is InChI=1S/C34H28F3N5O6S/c1-19-12-22(48-30-9-4-3-8-25(30)35)10-11-29(19)42-34(38)24(17-39-42)33(43)28-13-20-14-31(47-18-32(36)37)27(16-26(20)40-28)41-49(44,45)23-7-5-6-21(15-23)46-2/h3-17,32,40-41H,18,38H2,1-2H3. The average Bonchev–Trinajstić information content (AvgIpc) is 3.67. The molecule has 6 aromatic rings. The maximum atomic E-state index is 14.1. The second kappa shape index (κ2) is 13.3. The van der Waals surface area contributed by atoms with E-state index in [1.54, 1.807) is 43.3 Å². The lowest BCUT2D eigenvalue weighted by Gasteiger charge is -2.14. The van der Waals surface area contributed by atoms with Crippen LogP contribution in [-0.2, 0) is 10.0 Å². The van der Waals surface area contributed by atoms with Gasteiger partial charge in [0, 0.05) is 17.0 Å². The van der Waals surface area contributed by atoms with E-state index in [0.717, 1.165) is 0 Å². The highest BCUT2D eigenvalue weighted by Gasteiger charge is 2.23. The van der Waals surface area contributed by atoms with E-state index < -0.39 is 34.7 Å². The van der Waals surface area contributed by atoms with Crippen molar-refractivity contribution in [2.45, 2.75) is 18.2 Å². The molecule has 0 radical (unpaired) electrons. The number of H-pyrrole nitrogens is 1. The summed E-state index contributed by atoms with van der Waals surface area (Å²) in [6, 6.07) is 20.8. The molecule has 0 aliphatic carbocycles. The first kappa shape index (κ1) is 33.0. The van der Waals surface area contributed by atoms with Gasteiger partial charge in [0.05, 0.1) is 40.8 Å². The SMILES string of the molecule is COc1cccc(S(=O)(=O)Nc2cc3[nH]c(C(=O)c4cnn(-c5ccc(Oc6ccccc6F)cc5C)c4N)cc3cc2OCC(F)F)c1. The van der Waals surface area contributed by atoms with Gasteiger partial charge in [0.15, 0.2) is 11.6 Å². The van der Waals surface area contributed by atoms with Gasteiger partial charge in [-0.3, -0.25) is 9.52 Å². The van der Waals surface area contributed by atoms with E-state index in [1.807, 2.05) is 0 Å². The molecular formula is C34H28F3N5O6S. The molecule has 0 aliphatic heterocycles. The number of nitrogens with one attached hydrogen (secondary N) is 2. The highest BCUT2D eigenvalue weighted by atomic mass is 32.2. The molecule has 4 N–H and O–H groups in total. The Morgan fingerprint density at radius 2 is 1.80 bits per heavy atom. The molecule has 0 aliphatic rings. The maximum Gasteiger partial charge on any atom is 0.272 e. The van der Waals surface area contributed by atoms with E-state index in [1.165, 1.54) is 66.5 Å². The van der Waals surface area contributed by atoms with E-state index in [2.05, 4.69) is 14.8 Å². The number of ether oxygens (including phenoxy) is 3. The number of aromatic nitrogens is 3. The Morgan fingerprint density at radius 3 is 2.53 bits per heavy atom. The molecule has 2 heterocycles. The van der Waals surface area contributed by atoms with E-state index in [4.69, 9.17) is 19.9 Å². The van der Waals surface area contributed by atoms with Gasteiger partial charge in [-0.15, -0.1) is 0 Å². The monoisotopic (exact) mass is 691 g/mol. The van der Waals surface area contributed by atoms with Gasteiger partial charge < -0.3 is 24.9 Å². The van der Waals surface area contributed by atoms with Crippen LogP contribution < -0.4 is 24.7 Å². The summed E-state index contributed by atoms with van der Waals surface area (Å²) in [5.41, 5.74) is 7.91. The molecular weight excluding hydrogens is 663 g/mol. The van der Waals surface area contributed by atoms with Gasteiger partial charge in [-0.1, -0.05) is 18.2 Å². The normalized spacial score (nSPS) is 11.6. The maximum absolute atomic E-state index is 14.1. The van der Waals surface area contributed by atoms with Crippen molar-refractivity contribution >= 4 is 38.2 Å². The number of rotatable bonds is 12. The molecule has 0 saturated heterocycles. The number of para-hydroxylation sites is 1. The van der Waals surface area contributed by atoms with E-state index >= 15 is 0 Å². The highest BCUT2D eigenvalue weighted by molar-refractivity contribution is 7.92. The first-order valence-corrected chi connectivity index (χ1v) is 16.1. The van der Waals surface area contributed by atoms with Gasteiger partial charge in [-0.2, -0.15) is 5.10 Å². The van der Waals surface area contributed by atoms with Gasteiger partial charge in [-0.05, 0) is 73.2 Å². The van der Waals surface area contributed by atoms with E-state index in [-0.39, 0.29) is 39.2 Å². The Kier molecular flexibility index (Phi) is 8.93. The van der Waals surface area contributed by atoms with Crippen molar-refractivity contribution in [2.24, 2.45) is 0 Å². The van der Waals surface area contributed by atoms with Gasteiger partial charge in [0.2, 0.25) is 5.78 Å². The van der Waals surface area contributed by atoms with Crippen LogP contribution in [-0.4, -0.2) is 49.1 Å². The zero-order valence-electron chi connectivity index (χ0n) is 25.9. The number of nitrogens with two attached hydrogens (primary N) is 1. The van der Waals surface area contributed by atoms with Crippen LogP contribution in [0.2, 0.25) is 0 Å². The lowest BCUT2D eigenvalue weighted by molar-refractivity contribution is 0.0823. The number of alkyl halides is 2. The molecule has 252 valence electrons. The number of ketones is 1. The van der Waals surface area contributed by atoms with Crippen LogP contribution in [0, 0.1) is 12.7 Å². The van der Waals surface area contributed by atoms with E-state index in [0.29, 0.717) is 33.7 Å². The number of carbonyl (C=O) groups excluding carboxylic acids is 1. The number of nitrogens with zero attached hydrogens (tertiary/aromatic N) is 2. The summed E-state index contributed by atoms with van der Waals surface area (Å²) in [5.74, 6) is -0.454. The fraction of sp³-hybridized carbons (Fsp3) is 0.118. The minimum atomic E-state index is -4.21. The molecule has 15 heteroatoms. The molecule has 0 atom stereocenters. The fourth-order valence-electron chi connectivity index (χ4n) is 5.06. The van der Waals surface area contributed by atoms with Crippen molar-refractivity contribution in [1.82, 2.24) is 14.8 Å². The Labute approximate surface area is 278 Å². The molecule has 0 spiro atoms. The van der Waals surface area contributed by atoms with Gasteiger partial charge in [-0.25, -0.2) is 26.3 Å². The molecule has 0 amide bonds. The summed E-state index contributed by atoms with van der Waals surface area (Å²) in [7, 11) is -2.83. The molecule has 2 aromatic heterocycles. The summed E-state index contributed by atoms with van der Waals surface area (Å²) < 4.78 is 86.4. The van der Waals surface area contributed by atoms with Gasteiger partial charge in [0.1, 0.15) is 29.7 Å². The Balaban J connectivity index is 1.29. The Hall–Kier alpha value is -5.96. The molecule has 0 saturated carbocycles. The third-order valence-electron chi connectivity index (χ3n) is 7.44. The van der Waals surface area contributed by atoms with Gasteiger partial charge in [0.25, 0.3) is 16.4 Å². The van der Waals surface area contributed by atoms with Crippen molar-refractivity contribution in [2.75, 3.05) is 24.2 Å². The summed E-state index contributed by atoms with van der Waals surface area (Å²) in [4.78, 5) is 16.5. The summed E-state index contributed by atoms with van der Waals surface area (Å²) in [6.07, 6.45) is -1.53. The van der Waals surface area contributed by atoms with Crippen LogP contribution in [0.15, 0.2) is 96.0 Å². The van der Waals surface area contributed by atoms with Crippen LogP contribution in [0.3, 0.4) is 0 Å². The molecule has 4 aromatic carbocycles. The lowest BCUT2D eigenvalue weighted by Crippen LogP contribution is -2.15. The number of carbonyl (C=O) groups is 1. The molecule has 0 bridgehead atoms. The molecule has 11 nitrogen and oxygen atoms in total. The highest BCUT2D eigenvalue weighted by Crippen LogP contribution is 2.35. The minimum absolute atomic E-state index is 0.0298. The largest absolute Gasteiger partial charge is 0.497 e. The Bertz CT molecular complexity index is 2310. The molecule has 6 rings (SSSR count). The average molecular weight is 692 g/mol. The van der Waals surface area contributed by atoms with Crippen LogP contribution >= 0.6 is 0 Å². The zero-order chi connectivity index (χ0) is 34.9. The first-order chi connectivity index (χ1) is 23.4. The fourth-order valence-corrected chi connectivity index (χ4v) is 6.16. The summed E-state index contributed by atoms with van der Waals surface area (Å²) >= 11 is 0. The second-order valence-corrected chi connectivity index (χ2v) is 12.5. The third-order valence-corrected chi connectivity index (χ3v) is 8.80. The third kappa shape index (κ3) is 6.87. The van der Waals surface area contributed by atoms with Crippen LogP contribution in [0.5, 0.6) is 23.0 Å². The number of anilines is 2. The zero-order valence-corrected chi connectivity index (χ0v) is 26.7. The van der Waals surface area contributed by atoms with Gasteiger partial charge >= 0.3 is 0 Å². The first-order valence-electron chi connectivity index (χ1n) is 14.6. The topological polar surface area (TPSA) is 151 Å². The van der Waals surface area contributed by atoms with Crippen molar-refractivity contribution in [3.05, 3.63) is 114 Å². The quantitative estimate of drug-likeness (QED) is 0.118. The molecule has 0 fully saturated rings. The Morgan fingerprint density at radius 1 is 1.00 bits per heavy atom. The lowest BCUT2D eigenvalue weighted by atomic mass is 10.1. The van der Waals surface area contributed by atoms with Crippen molar-refractivity contribution in [3.8, 4) is 28.7 Å².